The van der Waals surface area contributed by atoms with Gasteiger partial charge < -0.3 is 4.90 Å². The predicted octanol–water partition coefficient (Wildman–Crippen LogP) is 3.52. The molecular weight excluding hydrogens is 314 g/mol. The van der Waals surface area contributed by atoms with Gasteiger partial charge in [0.2, 0.25) is 5.91 Å². The molecule has 0 aromatic heterocycles. The van der Waals surface area contributed by atoms with E-state index < -0.39 is 0 Å². The molecule has 1 unspecified atom stereocenters. The molecule has 1 aromatic rings. The van der Waals surface area contributed by atoms with Gasteiger partial charge in [-0.1, -0.05) is 39.7 Å². The van der Waals surface area contributed by atoms with Crippen LogP contribution in [0.2, 0.25) is 5.02 Å². The van der Waals surface area contributed by atoms with Gasteiger partial charge in [-0.3, -0.25) is 4.79 Å². The Morgan fingerprint density at radius 1 is 1.39 bits per heavy atom. The lowest BCUT2D eigenvalue weighted by atomic mass is 9.99. The molecule has 4 heteroatoms. The smallest absolute Gasteiger partial charge is 0.226 e. The van der Waals surface area contributed by atoms with E-state index in [0.717, 1.165) is 30.4 Å². The predicted molar refractivity (Wildman–Crippen MR) is 78.3 cm³/mol. The SMILES string of the molecule is O=C(Cc1ccc(Cl)cc1)N1CCCC(CBr)C1. The maximum absolute atomic E-state index is 12.2. The van der Waals surface area contributed by atoms with E-state index in [0.29, 0.717) is 17.4 Å². The van der Waals surface area contributed by atoms with E-state index in [1.54, 1.807) is 0 Å². The average Bonchev–Trinajstić information content (AvgIpc) is 2.41. The van der Waals surface area contributed by atoms with E-state index in [-0.39, 0.29) is 5.91 Å². The highest BCUT2D eigenvalue weighted by Crippen LogP contribution is 2.19. The van der Waals surface area contributed by atoms with Gasteiger partial charge in [0.1, 0.15) is 0 Å². The molecule has 1 atom stereocenters. The number of amides is 1. The van der Waals surface area contributed by atoms with E-state index in [1.165, 1.54) is 6.42 Å². The van der Waals surface area contributed by atoms with Crippen molar-refractivity contribution in [1.82, 2.24) is 4.90 Å². The van der Waals surface area contributed by atoms with Gasteiger partial charge in [0.05, 0.1) is 6.42 Å². The highest BCUT2D eigenvalue weighted by molar-refractivity contribution is 9.09. The second kappa shape index (κ2) is 6.58. The number of piperidine rings is 1. The first-order valence-corrected chi connectivity index (χ1v) is 7.77. The summed E-state index contributed by atoms with van der Waals surface area (Å²) in [5.74, 6) is 0.830. The Kier molecular flexibility index (Phi) is 5.07. The Labute approximate surface area is 121 Å². The number of halogens is 2. The lowest BCUT2D eigenvalue weighted by molar-refractivity contribution is -0.132. The summed E-state index contributed by atoms with van der Waals surface area (Å²) in [6.07, 6.45) is 2.81. The number of rotatable bonds is 3. The van der Waals surface area contributed by atoms with Crippen LogP contribution in [0.15, 0.2) is 24.3 Å². The molecule has 1 aliphatic heterocycles. The minimum atomic E-state index is 0.225. The van der Waals surface area contributed by atoms with Crippen LogP contribution in [0.1, 0.15) is 18.4 Å². The number of benzene rings is 1. The molecule has 0 spiro atoms. The molecule has 2 nitrogen and oxygen atoms in total. The highest BCUT2D eigenvalue weighted by atomic mass is 79.9. The van der Waals surface area contributed by atoms with E-state index >= 15 is 0 Å². The molecular formula is C14H17BrClNO. The molecule has 1 amide bonds. The second-order valence-corrected chi connectivity index (χ2v) is 5.89. The maximum atomic E-state index is 12.2. The van der Waals surface area contributed by atoms with Gasteiger partial charge in [0, 0.05) is 23.4 Å². The fourth-order valence-corrected chi connectivity index (χ4v) is 2.96. The number of hydrogen-bond acceptors (Lipinski definition) is 1. The van der Waals surface area contributed by atoms with E-state index in [9.17, 15) is 4.79 Å². The summed E-state index contributed by atoms with van der Waals surface area (Å²) >= 11 is 9.34. The molecule has 0 radical (unpaired) electrons. The van der Waals surface area contributed by atoms with Gasteiger partial charge >= 0.3 is 0 Å². The van der Waals surface area contributed by atoms with Crippen LogP contribution in [0.5, 0.6) is 0 Å². The molecule has 1 fully saturated rings. The standard InChI is InChI=1S/C14H17BrClNO/c15-9-12-2-1-7-17(10-12)14(18)8-11-3-5-13(16)6-4-11/h3-6,12H,1-2,7-10H2. The van der Waals surface area contributed by atoms with Crippen LogP contribution in [-0.4, -0.2) is 29.2 Å². The molecule has 1 aliphatic rings. The molecule has 98 valence electrons. The van der Waals surface area contributed by atoms with Gasteiger partial charge in [-0.25, -0.2) is 0 Å². The van der Waals surface area contributed by atoms with E-state index in [1.807, 2.05) is 29.2 Å². The Morgan fingerprint density at radius 3 is 2.78 bits per heavy atom. The Balaban J connectivity index is 1.93. The van der Waals surface area contributed by atoms with Crippen molar-refractivity contribution in [2.24, 2.45) is 5.92 Å². The molecule has 18 heavy (non-hydrogen) atoms. The molecule has 1 saturated heterocycles. The first-order chi connectivity index (χ1) is 8.69. The van der Waals surface area contributed by atoms with Crippen LogP contribution < -0.4 is 0 Å². The number of alkyl halides is 1. The van der Waals surface area contributed by atoms with Crippen molar-refractivity contribution >= 4 is 33.4 Å². The van der Waals surface area contributed by atoms with Crippen LogP contribution in [0.25, 0.3) is 0 Å². The fraction of sp³-hybridized carbons (Fsp3) is 0.500. The van der Waals surface area contributed by atoms with Gasteiger partial charge in [-0.05, 0) is 36.5 Å². The summed E-state index contributed by atoms with van der Waals surface area (Å²) < 4.78 is 0. The van der Waals surface area contributed by atoms with Crippen molar-refractivity contribution in [3.05, 3.63) is 34.9 Å². The molecule has 1 heterocycles. The van der Waals surface area contributed by atoms with Crippen molar-refractivity contribution in [2.75, 3.05) is 18.4 Å². The lowest BCUT2D eigenvalue weighted by Gasteiger charge is -2.32. The van der Waals surface area contributed by atoms with Crippen molar-refractivity contribution in [3.8, 4) is 0 Å². The third-order valence-corrected chi connectivity index (χ3v) is 4.53. The van der Waals surface area contributed by atoms with Crippen LogP contribution in [0, 0.1) is 5.92 Å². The summed E-state index contributed by atoms with van der Waals surface area (Å²) in [6.45, 7) is 1.79. The summed E-state index contributed by atoms with van der Waals surface area (Å²) in [4.78, 5) is 14.2. The number of carbonyl (C=O) groups is 1. The van der Waals surface area contributed by atoms with E-state index in [4.69, 9.17) is 11.6 Å². The quantitative estimate of drug-likeness (QED) is 0.777. The van der Waals surface area contributed by atoms with Crippen LogP contribution in [0.4, 0.5) is 0 Å². The largest absolute Gasteiger partial charge is 0.342 e. The van der Waals surface area contributed by atoms with Gasteiger partial charge in [-0.2, -0.15) is 0 Å². The molecule has 0 N–H and O–H groups in total. The Hall–Kier alpha value is -0.540. The lowest BCUT2D eigenvalue weighted by Crippen LogP contribution is -2.41. The van der Waals surface area contributed by atoms with Gasteiger partial charge in [0.15, 0.2) is 0 Å². The fourth-order valence-electron chi connectivity index (χ4n) is 2.31. The van der Waals surface area contributed by atoms with Crippen LogP contribution in [-0.2, 0) is 11.2 Å². The topological polar surface area (TPSA) is 20.3 Å². The zero-order valence-electron chi connectivity index (χ0n) is 10.2. The number of carbonyl (C=O) groups excluding carboxylic acids is 1. The number of hydrogen-bond donors (Lipinski definition) is 0. The average molecular weight is 331 g/mol. The zero-order valence-corrected chi connectivity index (χ0v) is 12.6. The van der Waals surface area contributed by atoms with Crippen LogP contribution in [0.3, 0.4) is 0 Å². The number of nitrogens with zero attached hydrogens (tertiary/aromatic N) is 1. The van der Waals surface area contributed by atoms with Gasteiger partial charge in [-0.15, -0.1) is 0 Å². The monoisotopic (exact) mass is 329 g/mol. The maximum Gasteiger partial charge on any atom is 0.226 e. The molecule has 2 rings (SSSR count). The summed E-state index contributed by atoms with van der Waals surface area (Å²) in [6, 6.07) is 7.52. The van der Waals surface area contributed by atoms with Crippen molar-refractivity contribution in [2.45, 2.75) is 19.3 Å². The minimum absolute atomic E-state index is 0.225. The van der Waals surface area contributed by atoms with Crippen molar-refractivity contribution in [3.63, 3.8) is 0 Å². The third-order valence-electron chi connectivity index (χ3n) is 3.36. The molecule has 0 bridgehead atoms. The Morgan fingerprint density at radius 2 is 2.11 bits per heavy atom. The van der Waals surface area contributed by atoms with Gasteiger partial charge in [0.25, 0.3) is 0 Å². The first kappa shape index (κ1) is 13.9. The first-order valence-electron chi connectivity index (χ1n) is 6.27. The molecule has 0 aliphatic carbocycles. The number of likely N-dealkylation sites (tertiary alicyclic amines) is 1. The minimum Gasteiger partial charge on any atom is -0.342 e. The summed E-state index contributed by atoms with van der Waals surface area (Å²) in [5, 5.41) is 1.70. The molecule has 0 saturated carbocycles. The second-order valence-electron chi connectivity index (χ2n) is 4.81. The Bertz CT molecular complexity index is 407. The molecule has 1 aromatic carbocycles. The van der Waals surface area contributed by atoms with Crippen LogP contribution >= 0.6 is 27.5 Å². The summed E-state index contributed by atoms with van der Waals surface area (Å²) in [7, 11) is 0. The summed E-state index contributed by atoms with van der Waals surface area (Å²) in [5.41, 5.74) is 1.03. The van der Waals surface area contributed by atoms with Crippen molar-refractivity contribution in [1.29, 1.82) is 0 Å². The van der Waals surface area contributed by atoms with Crippen molar-refractivity contribution < 1.29 is 4.79 Å². The highest BCUT2D eigenvalue weighted by Gasteiger charge is 2.22. The van der Waals surface area contributed by atoms with E-state index in [2.05, 4.69) is 15.9 Å². The third kappa shape index (κ3) is 3.72. The normalized spacial score (nSPS) is 19.9. The zero-order chi connectivity index (χ0) is 13.0.